The lowest BCUT2D eigenvalue weighted by molar-refractivity contribution is -0.128. The molecule has 0 aromatic carbocycles. The molecule has 0 saturated heterocycles. The topological polar surface area (TPSA) is 37.3 Å². The Balaban J connectivity index is 2.92. The molecule has 2 heteroatoms. The van der Waals surface area contributed by atoms with Crippen molar-refractivity contribution in [3.63, 3.8) is 0 Å². The zero-order valence-corrected chi connectivity index (χ0v) is 8.63. The number of carbonyl (C=O) groups excluding carboxylic acids is 1. The summed E-state index contributed by atoms with van der Waals surface area (Å²) < 4.78 is 0. The molecule has 0 amide bonds. The van der Waals surface area contributed by atoms with E-state index in [2.05, 4.69) is 6.92 Å². The summed E-state index contributed by atoms with van der Waals surface area (Å²) in [5.41, 5.74) is 0.302. The van der Waals surface area contributed by atoms with Crippen LogP contribution in [0.25, 0.3) is 0 Å². The molecule has 1 unspecified atom stereocenters. The minimum absolute atomic E-state index is 0.119. The van der Waals surface area contributed by atoms with Crippen LogP contribution in [0, 0.1) is 11.3 Å². The van der Waals surface area contributed by atoms with Gasteiger partial charge >= 0.3 is 0 Å². The Hall–Kier alpha value is -0.790. The van der Waals surface area contributed by atoms with E-state index in [1.165, 1.54) is 0 Å². The molecule has 1 rings (SSSR count). The molecule has 1 N–H and O–H groups in total. The predicted molar refractivity (Wildman–Crippen MR) is 52.5 cm³/mol. The molecule has 0 heterocycles. The van der Waals surface area contributed by atoms with Crippen molar-refractivity contribution < 1.29 is 9.90 Å². The molecule has 0 spiro atoms. The second-order valence-electron chi connectivity index (χ2n) is 4.35. The summed E-state index contributed by atoms with van der Waals surface area (Å²) in [7, 11) is 0. The maximum atomic E-state index is 11.8. The lowest BCUT2D eigenvalue weighted by Gasteiger charge is -2.37. The summed E-state index contributed by atoms with van der Waals surface area (Å²) in [5.74, 6) is 0.580. The first-order valence-corrected chi connectivity index (χ1v) is 4.92. The van der Waals surface area contributed by atoms with Gasteiger partial charge in [-0.3, -0.25) is 4.79 Å². The van der Waals surface area contributed by atoms with Crippen LogP contribution in [0.5, 0.6) is 0 Å². The van der Waals surface area contributed by atoms with Crippen molar-refractivity contribution in [2.45, 2.75) is 40.0 Å². The average Bonchev–Trinajstić information content (AvgIpc) is 2.09. The average molecular weight is 182 g/mol. The Labute approximate surface area is 79.6 Å². The van der Waals surface area contributed by atoms with Gasteiger partial charge in [0.2, 0.25) is 0 Å². The van der Waals surface area contributed by atoms with Crippen LogP contribution in [0.2, 0.25) is 0 Å². The molecule has 1 saturated carbocycles. The van der Waals surface area contributed by atoms with E-state index in [9.17, 15) is 4.79 Å². The standard InChI is InChI=1S/C11H18O2/c1-4-9-6-5-8(7-12)10(13)11(9,2)3/h7,9,12H,4-6H2,1-3H3/b8-7+. The van der Waals surface area contributed by atoms with Gasteiger partial charge in [0.1, 0.15) is 0 Å². The lowest BCUT2D eigenvalue weighted by atomic mass is 9.65. The molecule has 1 fully saturated rings. The van der Waals surface area contributed by atoms with E-state index >= 15 is 0 Å². The normalized spacial score (nSPS) is 30.8. The van der Waals surface area contributed by atoms with Crippen LogP contribution >= 0.6 is 0 Å². The van der Waals surface area contributed by atoms with Gasteiger partial charge in [0.05, 0.1) is 6.26 Å². The summed E-state index contributed by atoms with van der Waals surface area (Å²) in [6, 6.07) is 0. The van der Waals surface area contributed by atoms with Gasteiger partial charge < -0.3 is 5.11 Å². The molecule has 2 nitrogen and oxygen atoms in total. The van der Waals surface area contributed by atoms with Gasteiger partial charge in [0, 0.05) is 11.0 Å². The first-order chi connectivity index (χ1) is 6.04. The highest BCUT2D eigenvalue weighted by Gasteiger charge is 2.40. The van der Waals surface area contributed by atoms with Crippen LogP contribution in [0.4, 0.5) is 0 Å². The maximum Gasteiger partial charge on any atom is 0.167 e. The number of Topliss-reactive ketones (excluding diaryl/α,β-unsaturated/α-hetero) is 1. The number of hydrogen-bond donors (Lipinski definition) is 1. The number of aliphatic hydroxyl groups is 1. The molecule has 0 aromatic rings. The van der Waals surface area contributed by atoms with E-state index in [1.807, 2.05) is 13.8 Å². The highest BCUT2D eigenvalue weighted by Crippen LogP contribution is 2.41. The molecule has 0 aromatic heterocycles. The summed E-state index contributed by atoms with van der Waals surface area (Å²) in [6.07, 6.45) is 3.77. The van der Waals surface area contributed by atoms with Gasteiger partial charge in [0.25, 0.3) is 0 Å². The maximum absolute atomic E-state index is 11.8. The Morgan fingerprint density at radius 3 is 2.69 bits per heavy atom. The zero-order valence-electron chi connectivity index (χ0n) is 8.63. The molecule has 1 atom stereocenters. The molecule has 74 valence electrons. The Morgan fingerprint density at radius 1 is 1.62 bits per heavy atom. The Kier molecular flexibility index (Phi) is 2.79. The fraction of sp³-hybridized carbons (Fsp3) is 0.727. The SMILES string of the molecule is CCC1CC/C(=C\O)C(=O)C1(C)C. The fourth-order valence-corrected chi connectivity index (χ4v) is 2.24. The Morgan fingerprint density at radius 2 is 2.23 bits per heavy atom. The van der Waals surface area contributed by atoms with Crippen LogP contribution in [-0.4, -0.2) is 10.9 Å². The number of rotatable bonds is 1. The molecule has 0 radical (unpaired) electrons. The molecule has 1 aliphatic carbocycles. The van der Waals surface area contributed by atoms with Crippen molar-refractivity contribution in [1.82, 2.24) is 0 Å². The molecular weight excluding hydrogens is 164 g/mol. The third-order valence-corrected chi connectivity index (χ3v) is 3.31. The number of carbonyl (C=O) groups is 1. The summed E-state index contributed by atoms with van der Waals surface area (Å²) in [5, 5.41) is 8.87. The smallest absolute Gasteiger partial charge is 0.167 e. The molecule has 13 heavy (non-hydrogen) atoms. The van der Waals surface area contributed by atoms with Gasteiger partial charge in [-0.2, -0.15) is 0 Å². The second-order valence-corrected chi connectivity index (χ2v) is 4.35. The van der Waals surface area contributed by atoms with Crippen LogP contribution in [-0.2, 0) is 4.79 Å². The van der Waals surface area contributed by atoms with Gasteiger partial charge in [-0.05, 0) is 18.8 Å². The van der Waals surface area contributed by atoms with E-state index in [-0.39, 0.29) is 11.2 Å². The first-order valence-electron chi connectivity index (χ1n) is 4.92. The number of hydrogen-bond acceptors (Lipinski definition) is 2. The lowest BCUT2D eigenvalue weighted by Crippen LogP contribution is -2.37. The van der Waals surface area contributed by atoms with Crippen LogP contribution in [0.3, 0.4) is 0 Å². The summed E-state index contributed by atoms with van der Waals surface area (Å²) in [4.78, 5) is 11.8. The van der Waals surface area contributed by atoms with E-state index < -0.39 is 0 Å². The molecule has 0 bridgehead atoms. The highest BCUT2D eigenvalue weighted by atomic mass is 16.2. The minimum Gasteiger partial charge on any atom is -0.515 e. The van der Waals surface area contributed by atoms with Gasteiger partial charge in [-0.25, -0.2) is 0 Å². The van der Waals surface area contributed by atoms with Gasteiger partial charge in [-0.1, -0.05) is 27.2 Å². The molecular formula is C11H18O2. The third kappa shape index (κ3) is 1.62. The van der Waals surface area contributed by atoms with Crippen molar-refractivity contribution in [2.75, 3.05) is 0 Å². The second kappa shape index (κ2) is 3.52. The van der Waals surface area contributed by atoms with Crippen molar-refractivity contribution in [3.05, 3.63) is 11.8 Å². The summed E-state index contributed by atoms with van der Waals surface area (Å²) in [6.45, 7) is 6.08. The predicted octanol–water partition coefficient (Wildman–Crippen LogP) is 2.84. The monoisotopic (exact) mass is 182 g/mol. The van der Waals surface area contributed by atoms with Crippen LogP contribution in [0.1, 0.15) is 40.0 Å². The quantitative estimate of drug-likeness (QED) is 0.500. The van der Waals surface area contributed by atoms with Crippen LogP contribution in [0.15, 0.2) is 11.8 Å². The minimum atomic E-state index is -0.290. The van der Waals surface area contributed by atoms with E-state index in [1.54, 1.807) is 0 Å². The van der Waals surface area contributed by atoms with E-state index in [0.717, 1.165) is 25.5 Å². The molecule has 1 aliphatic rings. The first kappa shape index (κ1) is 10.3. The van der Waals surface area contributed by atoms with Crippen molar-refractivity contribution in [3.8, 4) is 0 Å². The summed E-state index contributed by atoms with van der Waals surface area (Å²) >= 11 is 0. The number of allylic oxidation sites excluding steroid dienone is 1. The van der Waals surface area contributed by atoms with E-state index in [0.29, 0.717) is 11.5 Å². The third-order valence-electron chi connectivity index (χ3n) is 3.31. The number of aliphatic hydroxyl groups excluding tert-OH is 1. The van der Waals surface area contributed by atoms with Crippen LogP contribution < -0.4 is 0 Å². The van der Waals surface area contributed by atoms with Crippen molar-refractivity contribution in [2.24, 2.45) is 11.3 Å². The van der Waals surface area contributed by atoms with Crippen molar-refractivity contribution in [1.29, 1.82) is 0 Å². The fourth-order valence-electron chi connectivity index (χ4n) is 2.24. The molecule has 0 aliphatic heterocycles. The highest BCUT2D eigenvalue weighted by molar-refractivity contribution is 6.00. The van der Waals surface area contributed by atoms with Gasteiger partial charge in [-0.15, -0.1) is 0 Å². The van der Waals surface area contributed by atoms with E-state index in [4.69, 9.17) is 5.11 Å². The van der Waals surface area contributed by atoms with Crippen molar-refractivity contribution >= 4 is 5.78 Å². The zero-order chi connectivity index (χ0) is 10.1. The Bertz CT molecular complexity index is 238. The largest absolute Gasteiger partial charge is 0.515 e. The van der Waals surface area contributed by atoms with Gasteiger partial charge in [0.15, 0.2) is 5.78 Å². The number of ketones is 1.